The van der Waals surface area contributed by atoms with Crippen molar-refractivity contribution < 1.29 is 4.79 Å². The number of hydrogen-bond donors (Lipinski definition) is 0. The third-order valence-electron chi connectivity index (χ3n) is 6.01. The Labute approximate surface area is 176 Å². The monoisotopic (exact) mass is 395 g/mol. The predicted octanol–water partition coefficient (Wildman–Crippen LogP) is 5.17. The molecule has 1 aliphatic heterocycles. The standard InChI is InChI=1S/C26H25N3O/c1-2-19-12-14-22(15-13-19)28-18-21(16-25(28)30)26-27-23-10-6-7-11-24(23)29(26)17-20-8-4-3-5-9-20/h3-15,21H,2,16-18H2,1H3. The molecule has 3 aromatic carbocycles. The lowest BCUT2D eigenvalue weighted by Gasteiger charge is -2.18. The minimum Gasteiger partial charge on any atom is -0.323 e. The van der Waals surface area contributed by atoms with Crippen molar-refractivity contribution in [3.05, 3.63) is 95.8 Å². The Morgan fingerprint density at radius 3 is 2.40 bits per heavy atom. The minimum atomic E-state index is 0.0828. The summed E-state index contributed by atoms with van der Waals surface area (Å²) in [7, 11) is 0. The van der Waals surface area contributed by atoms with Crippen molar-refractivity contribution in [3.8, 4) is 0 Å². The lowest BCUT2D eigenvalue weighted by molar-refractivity contribution is -0.117. The fraction of sp³-hybridized carbons (Fsp3) is 0.231. The highest BCUT2D eigenvalue weighted by Gasteiger charge is 2.34. The Bertz CT molecular complexity index is 1180. The highest BCUT2D eigenvalue weighted by molar-refractivity contribution is 5.96. The molecule has 1 aromatic heterocycles. The number of nitrogens with zero attached hydrogens (tertiary/aromatic N) is 3. The molecule has 0 bridgehead atoms. The first-order chi connectivity index (χ1) is 14.7. The highest BCUT2D eigenvalue weighted by atomic mass is 16.2. The molecule has 1 aliphatic rings. The first kappa shape index (κ1) is 18.6. The molecule has 1 unspecified atom stereocenters. The van der Waals surface area contributed by atoms with Crippen LogP contribution in [0.1, 0.15) is 36.2 Å². The van der Waals surface area contributed by atoms with Crippen molar-refractivity contribution >= 4 is 22.6 Å². The van der Waals surface area contributed by atoms with Gasteiger partial charge in [0.2, 0.25) is 5.91 Å². The first-order valence-electron chi connectivity index (χ1n) is 10.6. The summed E-state index contributed by atoms with van der Waals surface area (Å²) in [6, 6.07) is 27.0. The Morgan fingerprint density at radius 2 is 1.63 bits per heavy atom. The molecule has 150 valence electrons. The highest BCUT2D eigenvalue weighted by Crippen LogP contribution is 2.33. The molecule has 0 saturated carbocycles. The van der Waals surface area contributed by atoms with Crippen molar-refractivity contribution in [2.75, 3.05) is 11.4 Å². The van der Waals surface area contributed by atoms with Crippen LogP contribution in [-0.4, -0.2) is 22.0 Å². The van der Waals surface area contributed by atoms with E-state index in [-0.39, 0.29) is 11.8 Å². The third-order valence-corrected chi connectivity index (χ3v) is 6.01. The van der Waals surface area contributed by atoms with Crippen LogP contribution >= 0.6 is 0 Å². The number of carbonyl (C=O) groups is 1. The number of carbonyl (C=O) groups excluding carboxylic acids is 1. The second kappa shape index (κ2) is 7.79. The number of para-hydroxylation sites is 2. The maximum Gasteiger partial charge on any atom is 0.227 e. The third kappa shape index (κ3) is 3.39. The van der Waals surface area contributed by atoms with Gasteiger partial charge in [-0.05, 0) is 41.8 Å². The lowest BCUT2D eigenvalue weighted by atomic mass is 10.1. The number of fused-ring (bicyclic) bond motifs is 1. The molecule has 1 amide bonds. The van der Waals surface area contributed by atoms with Crippen LogP contribution in [0.3, 0.4) is 0 Å². The molecule has 0 aliphatic carbocycles. The summed E-state index contributed by atoms with van der Waals surface area (Å²) in [5.41, 5.74) is 5.60. The molecule has 0 N–H and O–H groups in total. The van der Waals surface area contributed by atoms with Gasteiger partial charge in [0, 0.05) is 31.1 Å². The summed E-state index contributed by atoms with van der Waals surface area (Å²) >= 11 is 0. The van der Waals surface area contributed by atoms with Crippen molar-refractivity contribution in [2.24, 2.45) is 0 Å². The van der Waals surface area contributed by atoms with Gasteiger partial charge in [-0.15, -0.1) is 0 Å². The van der Waals surface area contributed by atoms with E-state index in [1.54, 1.807) is 0 Å². The van der Waals surface area contributed by atoms with Gasteiger partial charge in [-0.2, -0.15) is 0 Å². The zero-order chi connectivity index (χ0) is 20.5. The van der Waals surface area contributed by atoms with E-state index in [9.17, 15) is 4.79 Å². The van der Waals surface area contributed by atoms with Crippen LogP contribution in [0.25, 0.3) is 11.0 Å². The van der Waals surface area contributed by atoms with Crippen LogP contribution in [0.15, 0.2) is 78.9 Å². The van der Waals surface area contributed by atoms with E-state index in [1.807, 2.05) is 17.0 Å². The second-order valence-electron chi connectivity index (χ2n) is 7.96. The molecule has 5 rings (SSSR count). The topological polar surface area (TPSA) is 38.1 Å². The number of imidazole rings is 1. The molecule has 4 nitrogen and oxygen atoms in total. The molecule has 2 heterocycles. The molecule has 1 fully saturated rings. The van der Waals surface area contributed by atoms with Crippen LogP contribution in [0.5, 0.6) is 0 Å². The molecule has 30 heavy (non-hydrogen) atoms. The molecule has 0 spiro atoms. The first-order valence-corrected chi connectivity index (χ1v) is 10.6. The van der Waals surface area contributed by atoms with Crippen molar-refractivity contribution in [3.63, 3.8) is 0 Å². The molecule has 1 atom stereocenters. The van der Waals surface area contributed by atoms with Gasteiger partial charge in [0.25, 0.3) is 0 Å². The Kier molecular flexibility index (Phi) is 4.83. The van der Waals surface area contributed by atoms with Crippen molar-refractivity contribution in [1.29, 1.82) is 0 Å². The number of aromatic nitrogens is 2. The summed E-state index contributed by atoms with van der Waals surface area (Å²) in [5.74, 6) is 1.25. The van der Waals surface area contributed by atoms with Crippen LogP contribution in [-0.2, 0) is 17.8 Å². The lowest BCUT2D eigenvalue weighted by Crippen LogP contribution is -2.24. The van der Waals surface area contributed by atoms with E-state index in [0.29, 0.717) is 13.0 Å². The largest absolute Gasteiger partial charge is 0.323 e. The number of aryl methyl sites for hydroxylation is 1. The summed E-state index contributed by atoms with van der Waals surface area (Å²) in [6.45, 7) is 3.57. The molecular weight excluding hydrogens is 370 g/mol. The van der Waals surface area contributed by atoms with Gasteiger partial charge >= 0.3 is 0 Å². The Morgan fingerprint density at radius 1 is 0.900 bits per heavy atom. The van der Waals surface area contributed by atoms with Gasteiger partial charge in [0.15, 0.2) is 0 Å². The molecule has 4 aromatic rings. The van der Waals surface area contributed by atoms with Crippen molar-refractivity contribution in [1.82, 2.24) is 9.55 Å². The average Bonchev–Trinajstić information content (AvgIpc) is 3.35. The van der Waals surface area contributed by atoms with Crippen LogP contribution < -0.4 is 4.90 Å². The molecule has 4 heteroatoms. The Hall–Kier alpha value is -3.40. The number of amides is 1. The molecule has 0 radical (unpaired) electrons. The fourth-order valence-corrected chi connectivity index (χ4v) is 4.38. The van der Waals surface area contributed by atoms with E-state index >= 15 is 0 Å². The second-order valence-corrected chi connectivity index (χ2v) is 7.96. The zero-order valence-electron chi connectivity index (χ0n) is 17.2. The van der Waals surface area contributed by atoms with Gasteiger partial charge in [0.1, 0.15) is 5.82 Å². The summed E-state index contributed by atoms with van der Waals surface area (Å²) in [4.78, 5) is 19.8. The minimum absolute atomic E-state index is 0.0828. The number of rotatable bonds is 5. The smallest absolute Gasteiger partial charge is 0.227 e. The maximum atomic E-state index is 12.9. The summed E-state index contributed by atoms with van der Waals surface area (Å²) < 4.78 is 2.28. The van der Waals surface area contributed by atoms with Gasteiger partial charge in [-0.1, -0.05) is 61.5 Å². The number of hydrogen-bond acceptors (Lipinski definition) is 2. The van der Waals surface area contributed by atoms with Crippen LogP contribution in [0, 0.1) is 0 Å². The predicted molar refractivity (Wildman–Crippen MR) is 121 cm³/mol. The van der Waals surface area contributed by atoms with E-state index in [1.165, 1.54) is 11.1 Å². The Balaban J connectivity index is 1.50. The van der Waals surface area contributed by atoms with E-state index < -0.39 is 0 Å². The average molecular weight is 396 g/mol. The van der Waals surface area contributed by atoms with E-state index in [4.69, 9.17) is 4.98 Å². The van der Waals surface area contributed by atoms with Gasteiger partial charge in [-0.25, -0.2) is 4.98 Å². The summed E-state index contributed by atoms with van der Waals surface area (Å²) in [5, 5.41) is 0. The number of benzene rings is 3. The van der Waals surface area contributed by atoms with E-state index in [0.717, 1.165) is 35.5 Å². The normalized spacial score (nSPS) is 16.5. The van der Waals surface area contributed by atoms with Gasteiger partial charge < -0.3 is 9.47 Å². The molecular formula is C26H25N3O. The zero-order valence-corrected chi connectivity index (χ0v) is 17.2. The van der Waals surface area contributed by atoms with E-state index in [2.05, 4.69) is 78.2 Å². The SMILES string of the molecule is CCc1ccc(N2CC(c3nc4ccccc4n3Cc3ccccc3)CC2=O)cc1. The van der Waals surface area contributed by atoms with Gasteiger partial charge in [-0.3, -0.25) is 4.79 Å². The number of anilines is 1. The maximum absolute atomic E-state index is 12.9. The van der Waals surface area contributed by atoms with Crippen LogP contribution in [0.4, 0.5) is 5.69 Å². The van der Waals surface area contributed by atoms with Crippen LogP contribution in [0.2, 0.25) is 0 Å². The summed E-state index contributed by atoms with van der Waals surface area (Å²) in [6.07, 6.45) is 1.49. The molecule has 1 saturated heterocycles. The fourth-order valence-electron chi connectivity index (χ4n) is 4.38. The quantitative estimate of drug-likeness (QED) is 0.468. The van der Waals surface area contributed by atoms with Gasteiger partial charge in [0.05, 0.1) is 11.0 Å². The van der Waals surface area contributed by atoms with Crippen molar-refractivity contribution in [2.45, 2.75) is 32.2 Å².